The molecule has 3 aromatic rings. The average molecular weight is 623 g/mol. The maximum absolute atomic E-state index is 13.8. The molecule has 2 aromatic heterocycles. The summed E-state index contributed by atoms with van der Waals surface area (Å²) in [6, 6.07) is 11.3. The molecule has 5 aliphatic rings. The third-order valence-electron chi connectivity index (χ3n) is 10.9. The lowest BCUT2D eigenvalue weighted by Crippen LogP contribution is -2.51. The molecule has 0 radical (unpaired) electrons. The molecule has 9 heteroatoms. The Morgan fingerprint density at radius 1 is 0.891 bits per heavy atom. The molecule has 2 amide bonds. The van der Waals surface area contributed by atoms with Gasteiger partial charge < -0.3 is 19.8 Å². The molecule has 46 heavy (non-hydrogen) atoms. The van der Waals surface area contributed by atoms with Gasteiger partial charge in [0.05, 0.1) is 6.20 Å². The number of carbonyl (C=O) groups is 2. The highest BCUT2D eigenvalue weighted by atomic mass is 16.3. The van der Waals surface area contributed by atoms with Gasteiger partial charge in [0.25, 0.3) is 11.8 Å². The van der Waals surface area contributed by atoms with Crippen molar-refractivity contribution in [3.05, 3.63) is 65.6 Å². The number of hydrogen-bond acceptors (Lipinski definition) is 7. The molecule has 8 rings (SSSR count). The summed E-state index contributed by atoms with van der Waals surface area (Å²) < 4.78 is 0. The molecule has 4 saturated carbocycles. The maximum Gasteiger partial charge on any atom is 0.274 e. The predicted octanol–water partition coefficient (Wildman–Crippen LogP) is 5.79. The Balaban J connectivity index is 0.986. The number of rotatable bonds is 6. The summed E-state index contributed by atoms with van der Waals surface area (Å²) in [5.74, 6) is 3.32. The van der Waals surface area contributed by atoms with Crippen LogP contribution in [0.15, 0.2) is 48.8 Å². The zero-order valence-electron chi connectivity index (χ0n) is 27.6. The first-order chi connectivity index (χ1) is 21.9. The fourth-order valence-electron chi connectivity index (χ4n) is 9.12. The van der Waals surface area contributed by atoms with Crippen molar-refractivity contribution in [3.8, 4) is 16.9 Å². The van der Waals surface area contributed by atoms with Gasteiger partial charge >= 0.3 is 0 Å². The van der Waals surface area contributed by atoms with Crippen LogP contribution in [0.3, 0.4) is 0 Å². The van der Waals surface area contributed by atoms with Crippen LogP contribution in [-0.2, 0) is 5.41 Å². The van der Waals surface area contributed by atoms with Crippen molar-refractivity contribution < 1.29 is 14.7 Å². The summed E-state index contributed by atoms with van der Waals surface area (Å²) in [7, 11) is 1.92. The van der Waals surface area contributed by atoms with E-state index in [-0.39, 0.29) is 23.0 Å². The zero-order chi connectivity index (χ0) is 32.2. The van der Waals surface area contributed by atoms with Gasteiger partial charge in [0, 0.05) is 57.1 Å². The number of aromatic nitrogens is 3. The molecule has 3 heterocycles. The summed E-state index contributed by atoms with van der Waals surface area (Å²) in [6.07, 6.45) is 11.1. The van der Waals surface area contributed by atoms with Crippen molar-refractivity contribution in [1.82, 2.24) is 25.0 Å². The van der Waals surface area contributed by atoms with E-state index in [0.29, 0.717) is 42.9 Å². The van der Waals surface area contributed by atoms with E-state index < -0.39 is 0 Å². The first-order valence-corrected chi connectivity index (χ1v) is 16.9. The smallest absolute Gasteiger partial charge is 0.274 e. The summed E-state index contributed by atoms with van der Waals surface area (Å²) >= 11 is 0. The number of amides is 2. The van der Waals surface area contributed by atoms with Crippen LogP contribution in [0.5, 0.6) is 5.75 Å². The Hall–Kier alpha value is -4.01. The van der Waals surface area contributed by atoms with Crippen molar-refractivity contribution in [1.29, 1.82) is 0 Å². The monoisotopic (exact) mass is 622 g/mol. The van der Waals surface area contributed by atoms with Gasteiger partial charge in [-0.15, -0.1) is 10.2 Å². The van der Waals surface area contributed by atoms with E-state index in [1.165, 1.54) is 44.7 Å². The summed E-state index contributed by atoms with van der Waals surface area (Å²) in [6.45, 7) is 9.56. The highest BCUT2D eigenvalue weighted by Gasteiger charge is 2.51. The Morgan fingerprint density at radius 3 is 2.15 bits per heavy atom. The van der Waals surface area contributed by atoms with Crippen LogP contribution >= 0.6 is 0 Å². The van der Waals surface area contributed by atoms with Crippen molar-refractivity contribution in [2.75, 3.05) is 44.7 Å². The van der Waals surface area contributed by atoms with Crippen molar-refractivity contribution in [2.24, 2.45) is 23.2 Å². The number of aromatic hydroxyl groups is 1. The molecule has 0 atom stereocenters. The Labute approximate surface area is 272 Å². The molecule has 4 bridgehead atoms. The van der Waals surface area contributed by atoms with Gasteiger partial charge in [0.2, 0.25) is 0 Å². The van der Waals surface area contributed by atoms with E-state index in [2.05, 4.69) is 46.9 Å². The zero-order valence-corrected chi connectivity index (χ0v) is 27.6. The predicted molar refractivity (Wildman–Crippen MR) is 178 cm³/mol. The minimum Gasteiger partial charge on any atom is -0.506 e. The molecular formula is C37H46N6O3. The van der Waals surface area contributed by atoms with Gasteiger partial charge in [-0.05, 0) is 109 Å². The van der Waals surface area contributed by atoms with Crippen LogP contribution in [0.25, 0.3) is 11.1 Å². The number of carbonyl (C=O) groups excluding carboxylic acids is 2. The topological polar surface area (TPSA) is 103 Å². The molecule has 1 N–H and O–H groups in total. The van der Waals surface area contributed by atoms with Crippen molar-refractivity contribution >= 4 is 17.6 Å². The number of nitrogens with zero attached hydrogens (tertiary/aromatic N) is 6. The number of benzene rings is 1. The third-order valence-corrected chi connectivity index (χ3v) is 10.9. The molecular weight excluding hydrogens is 576 g/mol. The number of anilines is 1. The molecule has 5 fully saturated rings. The molecule has 1 aliphatic heterocycles. The molecule has 1 aromatic carbocycles. The molecule has 9 nitrogen and oxygen atoms in total. The van der Waals surface area contributed by atoms with Gasteiger partial charge in [0.15, 0.2) is 11.5 Å². The largest absolute Gasteiger partial charge is 0.506 e. The summed E-state index contributed by atoms with van der Waals surface area (Å²) in [4.78, 5) is 37.2. The SMILES string of the molecule is CN(CC12CC3CC(CC(C3)C1)C2)C(=O)c1ccc(N2CCN(C(=O)c3cc(-c4cncc(O)c4)cc(C(C)(C)C)c3)CC2)nn1. The van der Waals surface area contributed by atoms with Gasteiger partial charge in [-0.25, -0.2) is 0 Å². The Morgan fingerprint density at radius 2 is 1.57 bits per heavy atom. The number of piperazine rings is 1. The quantitative estimate of drug-likeness (QED) is 0.371. The average Bonchev–Trinajstić information content (AvgIpc) is 3.03. The van der Waals surface area contributed by atoms with E-state index in [1.54, 1.807) is 18.3 Å². The summed E-state index contributed by atoms with van der Waals surface area (Å²) in [5.41, 5.74) is 3.81. The van der Waals surface area contributed by atoms with E-state index in [9.17, 15) is 14.7 Å². The maximum atomic E-state index is 13.8. The number of pyridine rings is 1. The third kappa shape index (κ3) is 6.08. The first-order valence-electron chi connectivity index (χ1n) is 16.9. The second-order valence-electron chi connectivity index (χ2n) is 15.6. The van der Waals surface area contributed by atoms with Gasteiger partial charge in [-0.1, -0.05) is 26.8 Å². The molecule has 0 spiro atoms. The van der Waals surface area contributed by atoms with Crippen molar-refractivity contribution in [3.63, 3.8) is 0 Å². The fraction of sp³-hybridized carbons (Fsp3) is 0.541. The lowest BCUT2D eigenvalue weighted by Gasteiger charge is -2.57. The van der Waals surface area contributed by atoms with E-state index in [4.69, 9.17) is 0 Å². The Kier molecular flexibility index (Phi) is 7.76. The van der Waals surface area contributed by atoms with Gasteiger partial charge in [0.1, 0.15) is 5.75 Å². The minimum absolute atomic E-state index is 0.0193. The molecule has 242 valence electrons. The lowest BCUT2D eigenvalue weighted by molar-refractivity contribution is -0.0629. The van der Waals surface area contributed by atoms with E-state index in [0.717, 1.165) is 46.8 Å². The molecule has 4 aliphatic carbocycles. The van der Waals surface area contributed by atoms with E-state index in [1.807, 2.05) is 35.0 Å². The minimum atomic E-state index is -0.163. The normalized spacial score (nSPS) is 25.5. The van der Waals surface area contributed by atoms with Gasteiger partial charge in [-0.2, -0.15) is 0 Å². The van der Waals surface area contributed by atoms with Crippen LogP contribution in [0, 0.1) is 23.2 Å². The molecule has 0 unspecified atom stereocenters. The summed E-state index contributed by atoms with van der Waals surface area (Å²) in [5, 5.41) is 18.8. The van der Waals surface area contributed by atoms with Crippen LogP contribution in [0.2, 0.25) is 0 Å². The van der Waals surface area contributed by atoms with Crippen LogP contribution in [0.4, 0.5) is 5.82 Å². The van der Waals surface area contributed by atoms with Gasteiger partial charge in [-0.3, -0.25) is 14.6 Å². The lowest BCUT2D eigenvalue weighted by atomic mass is 9.49. The van der Waals surface area contributed by atoms with E-state index >= 15 is 0 Å². The van der Waals surface area contributed by atoms with Crippen molar-refractivity contribution in [2.45, 2.75) is 64.7 Å². The fourth-order valence-corrected chi connectivity index (χ4v) is 9.12. The standard InChI is InChI=1S/C37H46N6O3/c1-36(2,3)30-15-27(29-17-31(44)22-38-21-29)14-28(16-30)34(45)43-9-7-42(8-10-43)33-6-5-32(39-40-33)35(46)41(4)23-37-18-24-11-25(19-37)13-26(12-24)20-37/h5-6,14-17,21-22,24-26,44H,7-13,18-20,23H2,1-4H3. The highest BCUT2D eigenvalue weighted by Crippen LogP contribution is 2.60. The number of hydrogen-bond donors (Lipinski definition) is 1. The second kappa shape index (κ2) is 11.7. The Bertz CT molecular complexity index is 1590. The van der Waals surface area contributed by atoms with Crippen LogP contribution in [-0.4, -0.2) is 81.7 Å². The first kappa shape index (κ1) is 30.6. The van der Waals surface area contributed by atoms with Crippen LogP contribution in [0.1, 0.15) is 85.7 Å². The highest BCUT2D eigenvalue weighted by molar-refractivity contribution is 5.96. The molecule has 1 saturated heterocycles. The van der Waals surface area contributed by atoms with Crippen LogP contribution < -0.4 is 4.90 Å². The second-order valence-corrected chi connectivity index (χ2v) is 15.6.